The van der Waals surface area contributed by atoms with Gasteiger partial charge in [-0.3, -0.25) is 4.79 Å². The van der Waals surface area contributed by atoms with Crippen molar-refractivity contribution in [3.05, 3.63) is 36.4 Å². The molecule has 3 aromatic rings. The van der Waals surface area contributed by atoms with Crippen LogP contribution in [0.15, 0.2) is 45.7 Å². The lowest BCUT2D eigenvalue weighted by Crippen LogP contribution is -2.49. The summed E-state index contributed by atoms with van der Waals surface area (Å²) in [6.07, 6.45) is 1.83. The van der Waals surface area contributed by atoms with Gasteiger partial charge in [0.25, 0.3) is 0 Å². The molecule has 2 heterocycles. The van der Waals surface area contributed by atoms with Gasteiger partial charge in [0, 0.05) is 35.6 Å². The van der Waals surface area contributed by atoms with E-state index < -0.39 is 22.6 Å². The Labute approximate surface area is 207 Å². The van der Waals surface area contributed by atoms with Crippen LogP contribution >= 0.6 is 0 Å². The van der Waals surface area contributed by atoms with Crippen molar-refractivity contribution in [1.82, 2.24) is 10.0 Å². The van der Waals surface area contributed by atoms with Gasteiger partial charge < -0.3 is 19.4 Å². The fraction of sp³-hybridized carbons (Fsp3) is 0.462. The van der Waals surface area contributed by atoms with Gasteiger partial charge in [-0.2, -0.15) is 5.26 Å². The molecule has 2 aliphatic rings. The van der Waals surface area contributed by atoms with Crippen LogP contribution in [0, 0.1) is 17.2 Å². The Morgan fingerprint density at radius 1 is 1.14 bits per heavy atom. The molecule has 0 bridgehead atoms. The van der Waals surface area contributed by atoms with E-state index in [1.165, 1.54) is 0 Å². The number of carbonyl (C=O) groups excluding carboxylic acids is 1. The van der Waals surface area contributed by atoms with Gasteiger partial charge in [-0.05, 0) is 55.5 Å². The van der Waals surface area contributed by atoms with Crippen LogP contribution in [0.3, 0.4) is 0 Å². The molecule has 1 aromatic heterocycles. The van der Waals surface area contributed by atoms with Gasteiger partial charge in [-0.25, -0.2) is 8.93 Å². The van der Waals surface area contributed by atoms with E-state index in [1.54, 1.807) is 6.07 Å². The SMILES string of the molecule is CC(C)CC(NS(=O)c1ccc2oc3cc(N4CCOCC4)ccc3c2c1)C(=O)NC1(C#N)CC1. The second-order valence-corrected chi connectivity index (χ2v) is 11.0. The van der Waals surface area contributed by atoms with Crippen LogP contribution < -0.4 is 14.9 Å². The Kier molecular flexibility index (Phi) is 6.53. The topological polar surface area (TPSA) is 108 Å². The largest absolute Gasteiger partial charge is 0.456 e. The highest BCUT2D eigenvalue weighted by Gasteiger charge is 2.45. The number of nitrogens with zero attached hydrogens (tertiary/aromatic N) is 2. The second kappa shape index (κ2) is 9.61. The molecule has 1 saturated carbocycles. The third-order valence-corrected chi connectivity index (χ3v) is 7.80. The summed E-state index contributed by atoms with van der Waals surface area (Å²) in [6, 6.07) is 13.1. The highest BCUT2D eigenvalue weighted by molar-refractivity contribution is 7.83. The maximum Gasteiger partial charge on any atom is 0.239 e. The lowest BCUT2D eigenvalue weighted by atomic mass is 10.0. The highest BCUT2D eigenvalue weighted by Crippen LogP contribution is 2.35. The van der Waals surface area contributed by atoms with Crippen molar-refractivity contribution in [2.24, 2.45) is 5.92 Å². The van der Waals surface area contributed by atoms with Gasteiger partial charge in [-0.15, -0.1) is 0 Å². The molecule has 2 fully saturated rings. The number of amides is 1. The lowest BCUT2D eigenvalue weighted by molar-refractivity contribution is -0.123. The van der Waals surface area contributed by atoms with Gasteiger partial charge >= 0.3 is 0 Å². The number of rotatable bonds is 8. The number of fused-ring (bicyclic) bond motifs is 3. The molecule has 1 saturated heterocycles. The van der Waals surface area contributed by atoms with Crippen molar-refractivity contribution >= 4 is 44.5 Å². The van der Waals surface area contributed by atoms with Crippen molar-refractivity contribution in [2.45, 2.75) is 49.6 Å². The monoisotopic (exact) mass is 494 g/mol. The fourth-order valence-corrected chi connectivity index (χ4v) is 5.48. The second-order valence-electron chi connectivity index (χ2n) is 9.79. The van der Waals surface area contributed by atoms with Gasteiger partial charge in [0.2, 0.25) is 5.91 Å². The number of ether oxygens (including phenoxy) is 1. The number of hydrogen-bond acceptors (Lipinski definition) is 6. The predicted octanol–water partition coefficient (Wildman–Crippen LogP) is 3.62. The fourth-order valence-electron chi connectivity index (χ4n) is 4.47. The number of nitriles is 1. The van der Waals surface area contributed by atoms with Crippen molar-refractivity contribution in [1.29, 1.82) is 5.26 Å². The van der Waals surface area contributed by atoms with E-state index in [0.29, 0.717) is 37.4 Å². The van der Waals surface area contributed by atoms with E-state index in [1.807, 2.05) is 38.1 Å². The first-order valence-corrected chi connectivity index (χ1v) is 13.2. The van der Waals surface area contributed by atoms with Crippen LogP contribution in [0.5, 0.6) is 0 Å². The molecule has 2 atom stereocenters. The summed E-state index contributed by atoms with van der Waals surface area (Å²) in [5.41, 5.74) is 1.84. The van der Waals surface area contributed by atoms with Crippen molar-refractivity contribution in [2.75, 3.05) is 31.2 Å². The van der Waals surface area contributed by atoms with E-state index in [4.69, 9.17) is 9.15 Å². The molecule has 0 radical (unpaired) electrons. The van der Waals surface area contributed by atoms with E-state index in [2.05, 4.69) is 27.1 Å². The average molecular weight is 495 g/mol. The number of benzene rings is 2. The zero-order valence-corrected chi connectivity index (χ0v) is 20.8. The molecule has 2 N–H and O–H groups in total. The summed E-state index contributed by atoms with van der Waals surface area (Å²) < 4.78 is 27.8. The third-order valence-electron chi connectivity index (χ3n) is 6.62. The summed E-state index contributed by atoms with van der Waals surface area (Å²) in [4.78, 5) is 15.7. The molecular formula is C26H30N4O4S. The summed E-state index contributed by atoms with van der Waals surface area (Å²) in [5, 5.41) is 14.0. The zero-order chi connectivity index (χ0) is 24.6. The van der Waals surface area contributed by atoms with Crippen molar-refractivity contribution < 1.29 is 18.2 Å². The number of hydrogen-bond donors (Lipinski definition) is 2. The minimum atomic E-state index is -1.61. The first kappa shape index (κ1) is 23.8. The van der Waals surface area contributed by atoms with Crippen LogP contribution in [0.1, 0.15) is 33.1 Å². The smallest absolute Gasteiger partial charge is 0.239 e. The molecule has 2 aromatic carbocycles. The lowest BCUT2D eigenvalue weighted by Gasteiger charge is -2.28. The standard InChI is InChI=1S/C26H30N4O4S/c1-17(2)13-22(25(31)28-26(16-27)7-8-26)29-35(32)19-4-6-23-21(15-19)20-5-3-18(14-24(20)34-23)30-9-11-33-12-10-30/h3-6,14-15,17,22,29H,7-13H2,1-2H3,(H,28,31). The summed E-state index contributed by atoms with van der Waals surface area (Å²) in [5.74, 6) is -0.0648. The van der Waals surface area contributed by atoms with Crippen LogP contribution in [0.2, 0.25) is 0 Å². The Bertz CT molecular complexity index is 1320. The first-order valence-electron chi connectivity index (χ1n) is 12.1. The Morgan fingerprint density at radius 2 is 1.91 bits per heavy atom. The number of nitrogens with one attached hydrogen (secondary N) is 2. The maximum atomic E-state index is 13.3. The number of anilines is 1. The first-order chi connectivity index (χ1) is 16.9. The van der Waals surface area contributed by atoms with Crippen LogP contribution in [-0.4, -0.2) is 48.0 Å². The molecule has 35 heavy (non-hydrogen) atoms. The molecule has 5 rings (SSSR count). The van der Waals surface area contributed by atoms with Crippen LogP contribution in [0.25, 0.3) is 21.9 Å². The molecule has 184 valence electrons. The number of furan rings is 1. The van der Waals surface area contributed by atoms with Crippen molar-refractivity contribution in [3.63, 3.8) is 0 Å². The molecule has 1 aliphatic heterocycles. The molecule has 1 amide bonds. The quantitative estimate of drug-likeness (QED) is 0.495. The Balaban J connectivity index is 1.37. The molecular weight excluding hydrogens is 464 g/mol. The Morgan fingerprint density at radius 3 is 2.60 bits per heavy atom. The molecule has 1 aliphatic carbocycles. The van der Waals surface area contributed by atoms with E-state index in [0.717, 1.165) is 40.7 Å². The normalized spacial score (nSPS) is 19.0. The van der Waals surface area contributed by atoms with Gasteiger partial charge in [0.15, 0.2) is 0 Å². The van der Waals surface area contributed by atoms with E-state index in [9.17, 15) is 14.3 Å². The highest BCUT2D eigenvalue weighted by atomic mass is 32.2. The summed E-state index contributed by atoms with van der Waals surface area (Å²) >= 11 is 0. The minimum absolute atomic E-state index is 0.216. The predicted molar refractivity (Wildman–Crippen MR) is 135 cm³/mol. The summed E-state index contributed by atoms with van der Waals surface area (Å²) in [6.45, 7) is 7.15. The average Bonchev–Trinajstić information content (AvgIpc) is 3.54. The number of carbonyl (C=O) groups is 1. The molecule has 0 spiro atoms. The van der Waals surface area contributed by atoms with Crippen LogP contribution in [0.4, 0.5) is 5.69 Å². The maximum absolute atomic E-state index is 13.3. The summed E-state index contributed by atoms with van der Waals surface area (Å²) in [7, 11) is -1.61. The van der Waals surface area contributed by atoms with E-state index >= 15 is 0 Å². The van der Waals surface area contributed by atoms with E-state index in [-0.39, 0.29) is 11.8 Å². The third kappa shape index (κ3) is 5.06. The van der Waals surface area contributed by atoms with Gasteiger partial charge in [-0.1, -0.05) is 13.8 Å². The molecule has 9 heteroatoms. The van der Waals surface area contributed by atoms with Crippen LogP contribution in [-0.2, 0) is 20.5 Å². The minimum Gasteiger partial charge on any atom is -0.456 e. The molecule has 2 unspecified atom stereocenters. The zero-order valence-electron chi connectivity index (χ0n) is 20.0. The number of morpholine rings is 1. The van der Waals surface area contributed by atoms with Gasteiger partial charge in [0.1, 0.15) is 27.7 Å². The van der Waals surface area contributed by atoms with Gasteiger partial charge in [0.05, 0.1) is 30.2 Å². The Hall–Kier alpha value is -2.93. The van der Waals surface area contributed by atoms with Crippen molar-refractivity contribution in [3.8, 4) is 6.07 Å². The molecule has 8 nitrogen and oxygen atoms in total.